The molecule has 2 saturated carbocycles. The number of carbonyl (C=O) groups is 1. The van der Waals surface area contributed by atoms with E-state index in [9.17, 15) is 9.90 Å². The Kier molecular flexibility index (Phi) is 11.7. The quantitative estimate of drug-likeness (QED) is 0.571. The van der Waals surface area contributed by atoms with Crippen LogP contribution in [-0.4, -0.2) is 24.3 Å². The molecular weight excluding hydrogens is 324 g/mol. The van der Waals surface area contributed by atoms with E-state index >= 15 is 0 Å². The molecular formula is C23H46O3. The second kappa shape index (κ2) is 12.0. The Morgan fingerprint density at radius 3 is 1.73 bits per heavy atom. The van der Waals surface area contributed by atoms with Crippen molar-refractivity contribution >= 4 is 5.97 Å². The Hall–Kier alpha value is -0.570. The molecule has 3 nitrogen and oxygen atoms in total. The van der Waals surface area contributed by atoms with E-state index in [-0.39, 0.29) is 18.8 Å². The lowest BCUT2D eigenvalue weighted by molar-refractivity contribution is -0.158. The highest BCUT2D eigenvalue weighted by Crippen LogP contribution is 2.42. The SMILES string of the molecule is C.CCC1(CO)CCC(C)CC1.CCOC(=O)C1(CC)CCC(C)CC1. The number of hydrogen-bond acceptors (Lipinski definition) is 3. The van der Waals surface area contributed by atoms with Gasteiger partial charge in [-0.15, -0.1) is 0 Å². The fourth-order valence-corrected chi connectivity index (χ4v) is 4.30. The van der Waals surface area contributed by atoms with Crippen molar-refractivity contribution in [3.05, 3.63) is 0 Å². The van der Waals surface area contributed by atoms with E-state index in [0.29, 0.717) is 18.6 Å². The molecule has 2 rings (SSSR count). The van der Waals surface area contributed by atoms with Crippen LogP contribution in [-0.2, 0) is 9.53 Å². The Morgan fingerprint density at radius 2 is 1.38 bits per heavy atom. The summed E-state index contributed by atoms with van der Waals surface area (Å²) in [5.41, 5.74) is 0.148. The summed E-state index contributed by atoms with van der Waals surface area (Å²) >= 11 is 0. The predicted molar refractivity (Wildman–Crippen MR) is 111 cm³/mol. The zero-order valence-electron chi connectivity index (χ0n) is 17.4. The van der Waals surface area contributed by atoms with Crippen molar-refractivity contribution in [2.75, 3.05) is 13.2 Å². The van der Waals surface area contributed by atoms with Crippen LogP contribution in [0.25, 0.3) is 0 Å². The largest absolute Gasteiger partial charge is 0.466 e. The molecule has 0 bridgehead atoms. The molecule has 0 unspecified atom stereocenters. The van der Waals surface area contributed by atoms with Crippen molar-refractivity contribution in [3.8, 4) is 0 Å². The molecule has 0 heterocycles. The lowest BCUT2D eigenvalue weighted by Gasteiger charge is -2.37. The van der Waals surface area contributed by atoms with Crippen LogP contribution in [0.5, 0.6) is 0 Å². The lowest BCUT2D eigenvalue weighted by atomic mass is 9.69. The third-order valence-electron chi connectivity index (χ3n) is 7.04. The van der Waals surface area contributed by atoms with E-state index in [1.807, 2.05) is 6.92 Å². The number of aliphatic hydroxyl groups excluding tert-OH is 1. The van der Waals surface area contributed by atoms with Crippen LogP contribution >= 0.6 is 0 Å². The highest BCUT2D eigenvalue weighted by molar-refractivity contribution is 5.76. The average molecular weight is 371 g/mol. The molecule has 156 valence electrons. The molecule has 0 radical (unpaired) electrons. The van der Waals surface area contributed by atoms with Crippen LogP contribution in [0.2, 0.25) is 0 Å². The van der Waals surface area contributed by atoms with Gasteiger partial charge in [0.2, 0.25) is 0 Å². The maximum Gasteiger partial charge on any atom is 0.312 e. The minimum atomic E-state index is -0.150. The van der Waals surface area contributed by atoms with E-state index in [1.54, 1.807) is 0 Å². The molecule has 0 amide bonds. The summed E-state index contributed by atoms with van der Waals surface area (Å²) in [6, 6.07) is 0. The molecule has 3 heteroatoms. The normalized spacial score (nSPS) is 34.1. The van der Waals surface area contributed by atoms with Gasteiger partial charge in [-0.25, -0.2) is 0 Å². The molecule has 1 N–H and O–H groups in total. The van der Waals surface area contributed by atoms with Crippen LogP contribution in [0.4, 0.5) is 0 Å². The van der Waals surface area contributed by atoms with Crippen molar-refractivity contribution in [2.45, 2.75) is 106 Å². The van der Waals surface area contributed by atoms with Crippen molar-refractivity contribution in [2.24, 2.45) is 22.7 Å². The van der Waals surface area contributed by atoms with Crippen molar-refractivity contribution in [1.82, 2.24) is 0 Å². The van der Waals surface area contributed by atoms with Crippen LogP contribution in [0, 0.1) is 22.7 Å². The van der Waals surface area contributed by atoms with Crippen molar-refractivity contribution in [1.29, 1.82) is 0 Å². The first-order valence-corrected chi connectivity index (χ1v) is 10.6. The van der Waals surface area contributed by atoms with Gasteiger partial charge in [0, 0.05) is 6.61 Å². The monoisotopic (exact) mass is 370 g/mol. The van der Waals surface area contributed by atoms with E-state index < -0.39 is 0 Å². The molecule has 0 saturated heterocycles. The zero-order valence-corrected chi connectivity index (χ0v) is 17.4. The summed E-state index contributed by atoms with van der Waals surface area (Å²) < 4.78 is 5.17. The van der Waals surface area contributed by atoms with Gasteiger partial charge in [0.15, 0.2) is 0 Å². The van der Waals surface area contributed by atoms with Gasteiger partial charge in [0.1, 0.15) is 0 Å². The Balaban J connectivity index is 0.000000475. The van der Waals surface area contributed by atoms with Crippen LogP contribution in [0.1, 0.15) is 106 Å². The van der Waals surface area contributed by atoms with Gasteiger partial charge >= 0.3 is 5.97 Å². The predicted octanol–water partition coefficient (Wildman–Crippen LogP) is 6.38. The molecule has 0 aromatic rings. The molecule has 0 aromatic heterocycles. The van der Waals surface area contributed by atoms with Gasteiger partial charge in [0.25, 0.3) is 0 Å². The zero-order chi connectivity index (χ0) is 18.9. The second-order valence-electron chi connectivity index (χ2n) is 8.73. The Morgan fingerprint density at radius 1 is 0.923 bits per heavy atom. The minimum absolute atomic E-state index is 0. The van der Waals surface area contributed by atoms with Gasteiger partial charge in [-0.1, -0.05) is 48.0 Å². The average Bonchev–Trinajstić information content (AvgIpc) is 2.64. The third kappa shape index (κ3) is 6.87. The standard InChI is InChI=1S/C12H22O2.C10H20O.CH4/c1-4-12(11(13)14-5-2)8-6-10(3)7-9-12;1-3-10(8-11)6-4-9(2)5-7-10;/h10H,4-9H2,1-3H3;9,11H,3-8H2,1-2H3;1H4. The van der Waals surface area contributed by atoms with Crippen LogP contribution in [0.15, 0.2) is 0 Å². The van der Waals surface area contributed by atoms with Gasteiger partial charge in [0.05, 0.1) is 12.0 Å². The van der Waals surface area contributed by atoms with E-state index in [1.165, 1.54) is 38.5 Å². The first kappa shape index (κ1) is 25.4. The van der Waals surface area contributed by atoms with Gasteiger partial charge in [-0.3, -0.25) is 4.79 Å². The molecule has 2 aliphatic rings. The van der Waals surface area contributed by atoms with Crippen molar-refractivity contribution in [3.63, 3.8) is 0 Å². The Bertz CT molecular complexity index is 369. The summed E-state index contributed by atoms with van der Waals surface area (Å²) in [6.45, 7) is 11.7. The number of rotatable bonds is 5. The maximum absolute atomic E-state index is 11.8. The van der Waals surface area contributed by atoms with Gasteiger partial charge in [-0.05, 0) is 75.5 Å². The summed E-state index contributed by atoms with van der Waals surface area (Å²) in [6.07, 6.45) is 11.6. The lowest BCUT2D eigenvalue weighted by Crippen LogP contribution is -2.36. The number of ether oxygens (including phenoxy) is 1. The summed E-state index contributed by atoms with van der Waals surface area (Å²) in [4.78, 5) is 11.8. The van der Waals surface area contributed by atoms with Gasteiger partial charge < -0.3 is 9.84 Å². The molecule has 26 heavy (non-hydrogen) atoms. The molecule has 2 fully saturated rings. The van der Waals surface area contributed by atoms with Crippen LogP contribution < -0.4 is 0 Å². The highest BCUT2D eigenvalue weighted by atomic mass is 16.5. The fourth-order valence-electron chi connectivity index (χ4n) is 4.30. The third-order valence-corrected chi connectivity index (χ3v) is 7.04. The van der Waals surface area contributed by atoms with E-state index in [2.05, 4.69) is 27.7 Å². The molecule has 0 aliphatic heterocycles. The molecule has 2 aliphatic carbocycles. The number of esters is 1. The molecule has 0 atom stereocenters. The molecule has 0 spiro atoms. The maximum atomic E-state index is 11.8. The topological polar surface area (TPSA) is 46.5 Å². The van der Waals surface area contributed by atoms with Crippen molar-refractivity contribution < 1.29 is 14.6 Å². The fraction of sp³-hybridized carbons (Fsp3) is 0.957. The summed E-state index contributed by atoms with van der Waals surface area (Å²) in [5.74, 6) is 1.71. The van der Waals surface area contributed by atoms with E-state index in [4.69, 9.17) is 4.74 Å². The second-order valence-corrected chi connectivity index (χ2v) is 8.73. The number of aliphatic hydroxyl groups is 1. The molecule has 0 aromatic carbocycles. The first-order chi connectivity index (χ1) is 11.9. The smallest absolute Gasteiger partial charge is 0.312 e. The minimum Gasteiger partial charge on any atom is -0.466 e. The van der Waals surface area contributed by atoms with Crippen LogP contribution in [0.3, 0.4) is 0 Å². The summed E-state index contributed by atoms with van der Waals surface area (Å²) in [5, 5.41) is 9.23. The first-order valence-electron chi connectivity index (χ1n) is 10.6. The summed E-state index contributed by atoms with van der Waals surface area (Å²) in [7, 11) is 0. The van der Waals surface area contributed by atoms with Gasteiger partial charge in [-0.2, -0.15) is 0 Å². The van der Waals surface area contributed by atoms with E-state index in [0.717, 1.165) is 37.5 Å². The highest BCUT2D eigenvalue weighted by Gasteiger charge is 2.40. The number of hydrogen-bond donors (Lipinski definition) is 1. The Labute approximate surface area is 163 Å². The number of carbonyl (C=O) groups excluding carboxylic acids is 1.